The first-order valence-corrected chi connectivity index (χ1v) is 22.4. The minimum absolute atomic E-state index is 0.124. The second-order valence-corrected chi connectivity index (χ2v) is 21.7. The van der Waals surface area contributed by atoms with Crippen LogP contribution in [0.15, 0.2) is 97.1 Å². The van der Waals surface area contributed by atoms with Crippen molar-refractivity contribution in [2.75, 3.05) is 0 Å². The molecule has 4 atom stereocenters. The molecule has 1 nitrogen and oxygen atoms in total. The predicted molar refractivity (Wildman–Crippen MR) is 220 cm³/mol. The zero-order valence-electron chi connectivity index (χ0n) is 32.2. The van der Waals surface area contributed by atoms with Crippen molar-refractivity contribution in [1.82, 2.24) is 0 Å². The first-order chi connectivity index (χ1) is 24.0. The summed E-state index contributed by atoms with van der Waals surface area (Å²) in [6.07, 6.45) is 22.6. The second-order valence-electron chi connectivity index (χ2n) is 16.7. The van der Waals surface area contributed by atoms with Crippen molar-refractivity contribution in [1.29, 1.82) is 0 Å². The molecule has 50 heavy (non-hydrogen) atoms. The monoisotopic (exact) mass is 682 g/mol. The van der Waals surface area contributed by atoms with Crippen molar-refractivity contribution in [3.05, 3.63) is 131 Å². The van der Waals surface area contributed by atoms with E-state index in [4.69, 9.17) is 0 Å². The quantitative estimate of drug-likeness (QED) is 0.189. The molecule has 264 valence electrons. The van der Waals surface area contributed by atoms with Crippen LogP contribution in [-0.2, 0) is 18.3 Å². The third-order valence-corrected chi connectivity index (χ3v) is 18.6. The molecule has 0 aromatic heterocycles. The lowest BCUT2D eigenvalue weighted by Gasteiger charge is -2.44. The molecule has 0 saturated heterocycles. The Labute approximate surface area is 305 Å². The molecular formula is C48H62OSi. The van der Waals surface area contributed by atoms with Gasteiger partial charge in [-0.2, -0.15) is 0 Å². The van der Waals surface area contributed by atoms with Crippen LogP contribution in [0.2, 0.25) is 17.6 Å². The molecule has 0 bridgehead atoms. The van der Waals surface area contributed by atoms with Crippen LogP contribution in [0.1, 0.15) is 108 Å². The minimum Gasteiger partial charge on any atom is -0.508 e. The Kier molecular flexibility index (Phi) is 11.0. The maximum absolute atomic E-state index is 12.3. The maximum atomic E-state index is 12.3. The smallest absolute Gasteiger partial charge is 0.118 e. The number of rotatable bonds is 12. The summed E-state index contributed by atoms with van der Waals surface area (Å²) >= 11 is 0. The maximum Gasteiger partial charge on any atom is 0.118 e. The molecule has 4 unspecified atom stereocenters. The van der Waals surface area contributed by atoms with Gasteiger partial charge in [-0.05, 0) is 111 Å². The van der Waals surface area contributed by atoms with Gasteiger partial charge in [0, 0.05) is 0 Å². The van der Waals surface area contributed by atoms with Crippen LogP contribution < -0.4 is 5.19 Å². The number of unbranched alkanes of at least 4 members (excludes halogenated alkanes) is 2. The lowest BCUT2D eigenvalue weighted by molar-refractivity contribution is 0.449. The van der Waals surface area contributed by atoms with Crippen molar-refractivity contribution in [2.45, 2.75) is 117 Å². The normalized spacial score (nSPS) is 23.0. The van der Waals surface area contributed by atoms with E-state index in [1.807, 2.05) is 0 Å². The molecular weight excluding hydrogens is 621 g/mol. The van der Waals surface area contributed by atoms with Gasteiger partial charge in [-0.15, -0.1) is 0 Å². The largest absolute Gasteiger partial charge is 0.508 e. The Morgan fingerprint density at radius 1 is 0.640 bits per heavy atom. The highest BCUT2D eigenvalue weighted by Crippen LogP contribution is 2.61. The van der Waals surface area contributed by atoms with E-state index in [9.17, 15) is 5.11 Å². The van der Waals surface area contributed by atoms with E-state index in [1.165, 1.54) is 69.8 Å². The number of allylic oxidation sites excluding steroid dienone is 8. The Balaban J connectivity index is 1.49. The number of phenolic OH excluding ortho intramolecular Hbond substituents is 1. The lowest BCUT2D eigenvalue weighted by Crippen LogP contribution is -2.54. The first kappa shape index (κ1) is 36.4. The summed E-state index contributed by atoms with van der Waals surface area (Å²) in [6.45, 7) is 18.4. The molecule has 3 aliphatic rings. The van der Waals surface area contributed by atoms with Crippen LogP contribution in [0, 0.1) is 30.6 Å². The van der Waals surface area contributed by atoms with Gasteiger partial charge < -0.3 is 5.11 Å². The Morgan fingerprint density at radius 2 is 1.10 bits per heavy atom. The molecule has 1 fully saturated rings. The highest BCUT2D eigenvalue weighted by atomic mass is 28.3. The molecule has 0 amide bonds. The van der Waals surface area contributed by atoms with Gasteiger partial charge in [0.2, 0.25) is 0 Å². The van der Waals surface area contributed by atoms with Gasteiger partial charge >= 0.3 is 0 Å². The van der Waals surface area contributed by atoms with Crippen molar-refractivity contribution >= 4 is 24.4 Å². The highest BCUT2D eigenvalue weighted by Gasteiger charge is 2.57. The average Bonchev–Trinajstić information content (AvgIpc) is 3.45. The summed E-state index contributed by atoms with van der Waals surface area (Å²) in [5.74, 6) is 2.34. The predicted octanol–water partition coefficient (Wildman–Crippen LogP) is 12.5. The molecule has 3 aromatic rings. The van der Waals surface area contributed by atoms with E-state index in [2.05, 4.69) is 153 Å². The Bertz CT molecular complexity index is 1670. The average molecular weight is 683 g/mol. The van der Waals surface area contributed by atoms with Crippen molar-refractivity contribution < 1.29 is 5.11 Å². The number of phenols is 1. The van der Waals surface area contributed by atoms with Crippen LogP contribution in [0.3, 0.4) is 0 Å². The number of hydrogen-bond donors (Lipinski definition) is 1. The topological polar surface area (TPSA) is 20.2 Å². The van der Waals surface area contributed by atoms with Crippen LogP contribution in [0.4, 0.5) is 0 Å². The molecule has 3 aromatic carbocycles. The second kappa shape index (κ2) is 15.1. The fraction of sp³-hybridized carbons (Fsp3) is 0.458. The van der Waals surface area contributed by atoms with Gasteiger partial charge in [0.25, 0.3) is 0 Å². The van der Waals surface area contributed by atoms with Gasteiger partial charge in [-0.3, -0.25) is 0 Å². The molecule has 0 spiro atoms. The summed E-state index contributed by atoms with van der Waals surface area (Å²) < 4.78 is 0. The Morgan fingerprint density at radius 3 is 1.50 bits per heavy atom. The molecule has 3 aliphatic carbocycles. The van der Waals surface area contributed by atoms with E-state index in [0.29, 0.717) is 35.0 Å². The van der Waals surface area contributed by atoms with Crippen molar-refractivity contribution in [3.8, 4) is 5.75 Å². The number of aromatic hydroxyl groups is 1. The highest BCUT2D eigenvalue weighted by molar-refractivity contribution is 6.93. The fourth-order valence-electron chi connectivity index (χ4n) is 9.77. The van der Waals surface area contributed by atoms with Crippen LogP contribution in [-0.4, -0.2) is 13.2 Å². The summed E-state index contributed by atoms with van der Waals surface area (Å²) in [4.78, 5) is 0. The van der Waals surface area contributed by atoms with Crippen LogP contribution in [0.25, 0.3) is 11.1 Å². The van der Waals surface area contributed by atoms with Gasteiger partial charge in [-0.1, -0.05) is 176 Å². The molecule has 2 heteroatoms. The third kappa shape index (κ3) is 6.94. The molecule has 1 saturated carbocycles. The van der Waals surface area contributed by atoms with E-state index in [-0.39, 0.29) is 5.41 Å². The van der Waals surface area contributed by atoms with Crippen LogP contribution >= 0.6 is 0 Å². The first-order valence-electron chi connectivity index (χ1n) is 19.9. The third-order valence-electron chi connectivity index (χ3n) is 12.6. The molecule has 0 radical (unpaired) electrons. The number of aryl methyl sites for hydroxylation is 3. The summed E-state index contributed by atoms with van der Waals surface area (Å²) in [7, 11) is -2.30. The SMILES string of the molecule is CCCCc1ccc(C2=CC3C(C=C2)C2C=CC(c4ccc(CCCC)cc4)=CC2C3[Si](CC)(CC)c2cc(C)cc(C(C)(C)C)c2O)cc1. The summed E-state index contributed by atoms with van der Waals surface area (Å²) in [5.41, 5.74) is 11.0. The van der Waals surface area contributed by atoms with E-state index >= 15 is 0 Å². The fourth-order valence-corrected chi connectivity index (χ4v) is 15.6. The number of fused-ring (bicyclic) bond motifs is 3. The van der Waals surface area contributed by atoms with Gasteiger partial charge in [0.05, 0.1) is 8.07 Å². The van der Waals surface area contributed by atoms with E-state index < -0.39 is 8.07 Å². The van der Waals surface area contributed by atoms with Gasteiger partial charge in [0.15, 0.2) is 0 Å². The summed E-state index contributed by atoms with van der Waals surface area (Å²) in [6, 6.07) is 25.7. The molecule has 0 heterocycles. The minimum atomic E-state index is -2.30. The number of benzene rings is 3. The van der Waals surface area contributed by atoms with Gasteiger partial charge in [0.1, 0.15) is 5.75 Å². The van der Waals surface area contributed by atoms with Crippen molar-refractivity contribution in [3.63, 3.8) is 0 Å². The van der Waals surface area contributed by atoms with Crippen molar-refractivity contribution in [2.24, 2.45) is 23.7 Å². The van der Waals surface area contributed by atoms with E-state index in [0.717, 1.165) is 30.5 Å². The Hall–Kier alpha value is -3.36. The molecule has 0 aliphatic heterocycles. The zero-order valence-corrected chi connectivity index (χ0v) is 33.2. The summed E-state index contributed by atoms with van der Waals surface area (Å²) in [5, 5.41) is 13.6. The lowest BCUT2D eigenvalue weighted by atomic mass is 9.79. The van der Waals surface area contributed by atoms with Crippen LogP contribution in [0.5, 0.6) is 5.75 Å². The zero-order chi connectivity index (χ0) is 35.6. The van der Waals surface area contributed by atoms with E-state index in [1.54, 1.807) is 0 Å². The standard InChI is InChI=1S/C48H62OSi/c1-9-13-15-34-17-21-36(22-18-34)38-25-27-40-41-28-26-39(37-23-19-35(20-24-37)16-14-10-2)32-43(41)47(42(40)31-38)50(11-3,12-4)45-30-33(5)29-44(46(45)49)48(6,7)8/h17-32,40-43,47,49H,9-16H2,1-8H3. The van der Waals surface area contributed by atoms with Gasteiger partial charge in [-0.25, -0.2) is 0 Å². The number of hydrogen-bond acceptors (Lipinski definition) is 1. The molecule has 1 N–H and O–H groups in total. The molecule has 6 rings (SSSR count).